The Balaban J connectivity index is 2.20. The van der Waals surface area contributed by atoms with Gasteiger partial charge in [-0.05, 0) is 45.6 Å². The lowest BCUT2D eigenvalue weighted by Crippen LogP contribution is -2.38. The van der Waals surface area contributed by atoms with Crippen molar-refractivity contribution in [3.8, 4) is 0 Å². The second kappa shape index (κ2) is 5.27. The van der Waals surface area contributed by atoms with Crippen LogP contribution >= 0.6 is 11.6 Å². The van der Waals surface area contributed by atoms with Gasteiger partial charge < -0.3 is 4.90 Å². The quantitative estimate of drug-likeness (QED) is 0.838. The minimum Gasteiger partial charge on any atom is -0.336 e. The number of hydrogen-bond donors (Lipinski definition) is 0. The maximum atomic E-state index is 12.5. The molecule has 1 fully saturated rings. The third-order valence-corrected chi connectivity index (χ3v) is 3.57. The topological polar surface area (TPSA) is 33.2 Å². The van der Waals surface area contributed by atoms with Crippen LogP contribution in [0.2, 0.25) is 5.02 Å². The molecule has 0 radical (unpaired) electrons. The number of halogens is 1. The summed E-state index contributed by atoms with van der Waals surface area (Å²) in [5, 5.41) is 0.494. The molecule has 1 heterocycles. The van der Waals surface area contributed by atoms with E-state index < -0.39 is 0 Å². The summed E-state index contributed by atoms with van der Waals surface area (Å²) in [4.78, 5) is 18.5. The Morgan fingerprint density at radius 1 is 1.56 bits per heavy atom. The van der Waals surface area contributed by atoms with Crippen molar-refractivity contribution in [3.05, 3.63) is 28.5 Å². The summed E-state index contributed by atoms with van der Waals surface area (Å²) in [5.74, 6) is 0.669. The number of amides is 1. The Morgan fingerprint density at radius 2 is 2.22 bits per heavy atom. The van der Waals surface area contributed by atoms with Gasteiger partial charge in [0.05, 0.1) is 10.6 Å². The van der Waals surface area contributed by atoms with Crippen LogP contribution < -0.4 is 0 Å². The largest absolute Gasteiger partial charge is 0.336 e. The van der Waals surface area contributed by atoms with Gasteiger partial charge in [-0.2, -0.15) is 0 Å². The molecule has 0 aliphatic heterocycles. The fourth-order valence-corrected chi connectivity index (χ4v) is 2.23. The van der Waals surface area contributed by atoms with Crippen LogP contribution in [0.4, 0.5) is 0 Å². The smallest absolute Gasteiger partial charge is 0.257 e. The molecule has 0 unspecified atom stereocenters. The van der Waals surface area contributed by atoms with Crippen LogP contribution in [0.3, 0.4) is 0 Å². The summed E-state index contributed by atoms with van der Waals surface area (Å²) in [6.45, 7) is 6.77. The monoisotopic (exact) mass is 266 g/mol. The second-order valence-electron chi connectivity index (χ2n) is 5.30. The zero-order valence-corrected chi connectivity index (χ0v) is 11.9. The second-order valence-corrected chi connectivity index (χ2v) is 5.71. The van der Waals surface area contributed by atoms with E-state index in [4.69, 9.17) is 11.6 Å². The number of rotatable bonds is 4. The first-order chi connectivity index (χ1) is 8.49. The zero-order chi connectivity index (χ0) is 13.3. The predicted octanol–water partition coefficient (Wildman–Crippen LogP) is 3.30. The lowest BCUT2D eigenvalue weighted by Gasteiger charge is -2.27. The molecule has 0 spiro atoms. The Morgan fingerprint density at radius 3 is 2.72 bits per heavy atom. The van der Waals surface area contributed by atoms with E-state index >= 15 is 0 Å². The number of carbonyl (C=O) groups excluding carboxylic acids is 1. The van der Waals surface area contributed by atoms with Crippen LogP contribution in [0, 0.1) is 12.8 Å². The normalized spacial score (nSPS) is 14.9. The van der Waals surface area contributed by atoms with Gasteiger partial charge in [0.25, 0.3) is 5.91 Å². The lowest BCUT2D eigenvalue weighted by molar-refractivity contribution is 0.0696. The predicted molar refractivity (Wildman–Crippen MR) is 72.9 cm³/mol. The Bertz CT molecular complexity index is 455. The van der Waals surface area contributed by atoms with Gasteiger partial charge in [-0.15, -0.1) is 0 Å². The molecule has 3 nitrogen and oxygen atoms in total. The first-order valence-corrected chi connectivity index (χ1v) is 6.80. The average molecular weight is 267 g/mol. The maximum Gasteiger partial charge on any atom is 0.257 e. The molecule has 1 saturated carbocycles. The molecule has 4 heteroatoms. The SMILES string of the molecule is Cc1cc(Cl)c(C(=O)N(CC2CC2)C(C)C)cn1. The van der Waals surface area contributed by atoms with Gasteiger partial charge in [-0.3, -0.25) is 9.78 Å². The first kappa shape index (κ1) is 13.3. The van der Waals surface area contributed by atoms with E-state index in [0.29, 0.717) is 16.5 Å². The highest BCUT2D eigenvalue weighted by Gasteiger charge is 2.29. The number of nitrogens with zero attached hydrogens (tertiary/aromatic N) is 2. The zero-order valence-electron chi connectivity index (χ0n) is 11.1. The Labute approximate surface area is 113 Å². The van der Waals surface area contributed by atoms with E-state index in [1.807, 2.05) is 25.7 Å². The molecule has 0 atom stereocenters. The molecule has 1 aromatic rings. The Hall–Kier alpha value is -1.09. The van der Waals surface area contributed by atoms with Crippen molar-refractivity contribution in [1.82, 2.24) is 9.88 Å². The number of carbonyl (C=O) groups is 1. The summed E-state index contributed by atoms with van der Waals surface area (Å²) in [5.41, 5.74) is 1.34. The summed E-state index contributed by atoms with van der Waals surface area (Å²) in [7, 11) is 0. The van der Waals surface area contributed by atoms with Gasteiger partial charge >= 0.3 is 0 Å². The first-order valence-electron chi connectivity index (χ1n) is 6.42. The molecule has 0 bridgehead atoms. The van der Waals surface area contributed by atoms with E-state index in [-0.39, 0.29) is 11.9 Å². The van der Waals surface area contributed by atoms with E-state index in [2.05, 4.69) is 4.98 Å². The van der Waals surface area contributed by atoms with Crippen molar-refractivity contribution < 1.29 is 4.79 Å². The highest BCUT2D eigenvalue weighted by molar-refractivity contribution is 6.33. The van der Waals surface area contributed by atoms with Crippen LogP contribution in [-0.4, -0.2) is 28.4 Å². The van der Waals surface area contributed by atoms with Gasteiger partial charge in [-0.1, -0.05) is 11.6 Å². The molecular formula is C14H19ClN2O. The van der Waals surface area contributed by atoms with Gasteiger partial charge in [0.15, 0.2) is 0 Å². The van der Waals surface area contributed by atoms with E-state index in [1.54, 1.807) is 12.3 Å². The van der Waals surface area contributed by atoms with Crippen molar-refractivity contribution in [1.29, 1.82) is 0 Å². The fraction of sp³-hybridized carbons (Fsp3) is 0.571. The van der Waals surface area contributed by atoms with Gasteiger partial charge in [0, 0.05) is 24.5 Å². The lowest BCUT2D eigenvalue weighted by atomic mass is 10.2. The molecule has 0 aromatic carbocycles. The third kappa shape index (κ3) is 3.02. The number of aryl methyl sites for hydroxylation is 1. The summed E-state index contributed by atoms with van der Waals surface area (Å²) < 4.78 is 0. The summed E-state index contributed by atoms with van der Waals surface area (Å²) in [6, 6.07) is 1.93. The van der Waals surface area contributed by atoms with Crippen LogP contribution in [0.15, 0.2) is 12.3 Å². The molecule has 1 amide bonds. The molecule has 0 N–H and O–H groups in total. The molecule has 1 aromatic heterocycles. The molecule has 2 rings (SSSR count). The number of hydrogen-bond acceptors (Lipinski definition) is 2. The number of aromatic nitrogens is 1. The summed E-state index contributed by atoms with van der Waals surface area (Å²) in [6.07, 6.45) is 4.05. The highest BCUT2D eigenvalue weighted by Crippen LogP contribution is 2.31. The van der Waals surface area contributed by atoms with E-state index in [1.165, 1.54) is 12.8 Å². The van der Waals surface area contributed by atoms with E-state index in [0.717, 1.165) is 12.2 Å². The van der Waals surface area contributed by atoms with Crippen LogP contribution in [0.1, 0.15) is 42.7 Å². The minimum absolute atomic E-state index is 0.00519. The molecule has 1 aliphatic carbocycles. The average Bonchev–Trinajstić information content (AvgIpc) is 3.08. The van der Waals surface area contributed by atoms with Crippen LogP contribution in [0.25, 0.3) is 0 Å². The standard InChI is InChI=1S/C14H19ClN2O/c1-9(2)17(8-11-4-5-11)14(18)12-7-16-10(3)6-13(12)15/h6-7,9,11H,4-5,8H2,1-3H3. The molecular weight excluding hydrogens is 248 g/mol. The van der Waals surface area contributed by atoms with Gasteiger partial charge in [0.2, 0.25) is 0 Å². The molecule has 98 valence electrons. The fourth-order valence-electron chi connectivity index (χ4n) is 1.95. The van der Waals surface area contributed by atoms with Crippen molar-refractivity contribution >= 4 is 17.5 Å². The van der Waals surface area contributed by atoms with E-state index in [9.17, 15) is 4.79 Å². The van der Waals surface area contributed by atoms with Crippen molar-refractivity contribution in [3.63, 3.8) is 0 Å². The van der Waals surface area contributed by atoms with Gasteiger partial charge in [0.1, 0.15) is 0 Å². The van der Waals surface area contributed by atoms with Crippen LogP contribution in [0.5, 0.6) is 0 Å². The Kier molecular flexibility index (Phi) is 3.91. The molecule has 1 aliphatic rings. The number of pyridine rings is 1. The molecule has 18 heavy (non-hydrogen) atoms. The van der Waals surface area contributed by atoms with Crippen molar-refractivity contribution in [2.75, 3.05) is 6.54 Å². The van der Waals surface area contributed by atoms with Gasteiger partial charge in [-0.25, -0.2) is 0 Å². The maximum absolute atomic E-state index is 12.5. The highest BCUT2D eigenvalue weighted by atomic mass is 35.5. The van der Waals surface area contributed by atoms with Crippen molar-refractivity contribution in [2.24, 2.45) is 5.92 Å². The van der Waals surface area contributed by atoms with Crippen molar-refractivity contribution in [2.45, 2.75) is 39.7 Å². The van der Waals surface area contributed by atoms with Crippen LogP contribution in [-0.2, 0) is 0 Å². The summed E-state index contributed by atoms with van der Waals surface area (Å²) >= 11 is 6.14. The minimum atomic E-state index is -0.00519. The molecule has 0 saturated heterocycles. The third-order valence-electron chi connectivity index (χ3n) is 3.26.